The number of carbonyl (C=O) groups excluding carboxylic acids is 3. The molecule has 19 heavy (non-hydrogen) atoms. The van der Waals surface area contributed by atoms with Gasteiger partial charge in [-0.15, -0.1) is 0 Å². The van der Waals surface area contributed by atoms with E-state index in [4.69, 9.17) is 11.5 Å². The van der Waals surface area contributed by atoms with E-state index in [-0.39, 0.29) is 41.5 Å². The lowest BCUT2D eigenvalue weighted by Gasteiger charge is -2.31. The molecule has 2 aliphatic carbocycles. The van der Waals surface area contributed by atoms with E-state index in [1.165, 1.54) is 0 Å². The number of imide groups is 1. The second kappa shape index (κ2) is 3.36. The third-order valence-electron chi connectivity index (χ3n) is 5.08. The van der Waals surface area contributed by atoms with Crippen LogP contribution >= 0.6 is 0 Å². The number of amides is 3. The molecule has 0 aromatic heterocycles. The van der Waals surface area contributed by atoms with Crippen LogP contribution in [0.1, 0.15) is 26.7 Å². The number of nitrogens with two attached hydrogens (primary N) is 2. The van der Waals surface area contributed by atoms with Gasteiger partial charge in [-0.3, -0.25) is 19.3 Å². The summed E-state index contributed by atoms with van der Waals surface area (Å²) in [6.45, 7) is 3.77. The van der Waals surface area contributed by atoms with Gasteiger partial charge in [-0.25, -0.2) is 0 Å². The number of hydrogen-bond acceptors (Lipinski definition) is 4. The maximum Gasteiger partial charge on any atom is 0.239 e. The molecule has 1 saturated heterocycles. The number of nitrogens with zero attached hydrogens (tertiary/aromatic N) is 1. The maximum absolute atomic E-state index is 12.2. The van der Waals surface area contributed by atoms with E-state index in [1.807, 2.05) is 13.8 Å². The standard InChI is InChI=1S/C13H19N3O3/c1-12(2)7-8(12)10(18)16(9(7)17)5-13(15,11(14)19)6-3-4-6/h6-8H,3-5,15H2,1-2H3,(H2,14,19). The first-order valence-electron chi connectivity index (χ1n) is 6.65. The summed E-state index contributed by atoms with van der Waals surface area (Å²) in [7, 11) is 0. The molecule has 6 nitrogen and oxygen atoms in total. The van der Waals surface area contributed by atoms with Crippen LogP contribution in [-0.2, 0) is 14.4 Å². The predicted octanol–water partition coefficient (Wildman–Crippen LogP) is -0.780. The molecule has 3 rings (SSSR count). The number of primary amides is 1. The van der Waals surface area contributed by atoms with E-state index in [0.29, 0.717) is 0 Å². The van der Waals surface area contributed by atoms with E-state index in [0.717, 1.165) is 17.7 Å². The van der Waals surface area contributed by atoms with Crippen LogP contribution in [0.3, 0.4) is 0 Å². The van der Waals surface area contributed by atoms with Crippen LogP contribution in [-0.4, -0.2) is 34.7 Å². The van der Waals surface area contributed by atoms with Crippen molar-refractivity contribution in [3.05, 3.63) is 0 Å². The van der Waals surface area contributed by atoms with Crippen LogP contribution in [0.15, 0.2) is 0 Å². The lowest BCUT2D eigenvalue weighted by Crippen LogP contribution is -2.62. The molecule has 0 aromatic rings. The number of likely N-dealkylation sites (tertiary alicyclic amines) is 1. The molecule has 0 bridgehead atoms. The Hall–Kier alpha value is -1.43. The Morgan fingerprint density at radius 3 is 2.16 bits per heavy atom. The van der Waals surface area contributed by atoms with Crippen LogP contribution in [0.2, 0.25) is 0 Å². The monoisotopic (exact) mass is 265 g/mol. The van der Waals surface area contributed by atoms with Gasteiger partial charge < -0.3 is 11.5 Å². The summed E-state index contributed by atoms with van der Waals surface area (Å²) in [5.74, 6) is -1.51. The molecular weight excluding hydrogens is 246 g/mol. The zero-order chi connectivity index (χ0) is 14.2. The van der Waals surface area contributed by atoms with Crippen molar-refractivity contribution in [2.45, 2.75) is 32.2 Å². The molecule has 3 unspecified atom stereocenters. The minimum absolute atomic E-state index is 0.00413. The fourth-order valence-corrected chi connectivity index (χ4v) is 3.43. The Labute approximate surface area is 111 Å². The molecule has 3 fully saturated rings. The van der Waals surface area contributed by atoms with E-state index in [1.54, 1.807) is 0 Å². The zero-order valence-electron chi connectivity index (χ0n) is 11.2. The summed E-state index contributed by atoms with van der Waals surface area (Å²) in [4.78, 5) is 37.2. The summed E-state index contributed by atoms with van der Waals surface area (Å²) in [5.41, 5.74) is 9.92. The average Bonchev–Trinajstić information content (AvgIpc) is 3.17. The molecule has 104 valence electrons. The first kappa shape index (κ1) is 12.6. The Balaban J connectivity index is 1.80. The van der Waals surface area contributed by atoms with Gasteiger partial charge in [0.25, 0.3) is 0 Å². The van der Waals surface area contributed by atoms with Gasteiger partial charge in [0.05, 0.1) is 18.4 Å². The molecular formula is C13H19N3O3. The van der Waals surface area contributed by atoms with Crippen molar-refractivity contribution in [2.24, 2.45) is 34.6 Å². The molecule has 4 N–H and O–H groups in total. The Morgan fingerprint density at radius 1 is 1.32 bits per heavy atom. The Morgan fingerprint density at radius 2 is 1.79 bits per heavy atom. The van der Waals surface area contributed by atoms with Gasteiger partial charge in [-0.2, -0.15) is 0 Å². The van der Waals surface area contributed by atoms with Crippen molar-refractivity contribution < 1.29 is 14.4 Å². The van der Waals surface area contributed by atoms with E-state index < -0.39 is 11.4 Å². The van der Waals surface area contributed by atoms with Crippen LogP contribution in [0.4, 0.5) is 0 Å². The number of hydrogen-bond donors (Lipinski definition) is 2. The van der Waals surface area contributed by atoms with E-state index >= 15 is 0 Å². The summed E-state index contributed by atoms with van der Waals surface area (Å²) < 4.78 is 0. The normalized spacial score (nSPS) is 35.0. The van der Waals surface area contributed by atoms with Crippen LogP contribution < -0.4 is 11.5 Å². The molecule has 1 aliphatic heterocycles. The van der Waals surface area contributed by atoms with Crippen molar-refractivity contribution in [3.63, 3.8) is 0 Å². The van der Waals surface area contributed by atoms with Gasteiger partial charge in [0.2, 0.25) is 17.7 Å². The number of piperidine rings is 1. The average molecular weight is 265 g/mol. The molecule has 0 aromatic carbocycles. The highest BCUT2D eigenvalue weighted by Gasteiger charge is 2.73. The second-order valence-electron chi connectivity index (χ2n) is 6.72. The molecule has 0 radical (unpaired) electrons. The highest BCUT2D eigenvalue weighted by molar-refractivity contribution is 6.10. The molecule has 6 heteroatoms. The molecule has 3 atom stereocenters. The summed E-state index contributed by atoms with van der Waals surface area (Å²) in [6, 6.07) is 0. The maximum atomic E-state index is 12.2. The lowest BCUT2D eigenvalue weighted by atomic mass is 9.92. The van der Waals surface area contributed by atoms with Gasteiger partial charge in [0, 0.05) is 0 Å². The Kier molecular flexibility index (Phi) is 2.23. The first-order valence-corrected chi connectivity index (χ1v) is 6.65. The van der Waals surface area contributed by atoms with E-state index in [9.17, 15) is 14.4 Å². The van der Waals surface area contributed by atoms with Gasteiger partial charge in [0.1, 0.15) is 5.54 Å². The van der Waals surface area contributed by atoms with Crippen molar-refractivity contribution in [1.29, 1.82) is 0 Å². The molecule has 3 amide bonds. The largest absolute Gasteiger partial charge is 0.368 e. The van der Waals surface area contributed by atoms with Gasteiger partial charge >= 0.3 is 0 Å². The summed E-state index contributed by atoms with van der Waals surface area (Å²) in [5, 5.41) is 0. The SMILES string of the molecule is CC1(C)C2C(=O)N(CC(N)(C(N)=O)C3CC3)C(=O)C21. The minimum atomic E-state index is -1.26. The molecule has 3 aliphatic rings. The third-order valence-corrected chi connectivity index (χ3v) is 5.08. The second-order valence-corrected chi connectivity index (χ2v) is 6.72. The number of carbonyl (C=O) groups is 3. The predicted molar refractivity (Wildman–Crippen MR) is 66.3 cm³/mol. The smallest absolute Gasteiger partial charge is 0.239 e. The van der Waals surface area contributed by atoms with Gasteiger partial charge in [0.15, 0.2) is 0 Å². The lowest BCUT2D eigenvalue weighted by molar-refractivity contribution is -0.145. The van der Waals surface area contributed by atoms with Crippen LogP contribution in [0.25, 0.3) is 0 Å². The quantitative estimate of drug-likeness (QED) is 0.650. The highest BCUT2D eigenvalue weighted by atomic mass is 16.2. The summed E-state index contributed by atoms with van der Waals surface area (Å²) in [6.07, 6.45) is 1.65. The van der Waals surface area contributed by atoms with Crippen LogP contribution in [0, 0.1) is 23.2 Å². The zero-order valence-corrected chi connectivity index (χ0v) is 11.2. The van der Waals surface area contributed by atoms with Crippen molar-refractivity contribution in [1.82, 2.24) is 4.90 Å². The summed E-state index contributed by atoms with van der Waals surface area (Å²) >= 11 is 0. The van der Waals surface area contributed by atoms with Gasteiger partial charge in [-0.05, 0) is 24.2 Å². The fraction of sp³-hybridized carbons (Fsp3) is 0.769. The Bertz CT molecular complexity index is 473. The van der Waals surface area contributed by atoms with Gasteiger partial charge in [-0.1, -0.05) is 13.8 Å². The van der Waals surface area contributed by atoms with Crippen molar-refractivity contribution >= 4 is 17.7 Å². The third kappa shape index (κ3) is 1.49. The molecule has 0 spiro atoms. The first-order chi connectivity index (χ1) is 8.71. The van der Waals surface area contributed by atoms with E-state index in [2.05, 4.69) is 0 Å². The fourth-order valence-electron chi connectivity index (χ4n) is 3.43. The van der Waals surface area contributed by atoms with Crippen molar-refractivity contribution in [2.75, 3.05) is 6.54 Å². The topological polar surface area (TPSA) is 106 Å². The van der Waals surface area contributed by atoms with Crippen molar-refractivity contribution in [3.8, 4) is 0 Å². The highest BCUT2D eigenvalue weighted by Crippen LogP contribution is 2.63. The number of rotatable bonds is 4. The molecule has 1 heterocycles. The van der Waals surface area contributed by atoms with Crippen LogP contribution in [0.5, 0.6) is 0 Å². The number of fused-ring (bicyclic) bond motifs is 1. The minimum Gasteiger partial charge on any atom is -0.368 e. The molecule has 2 saturated carbocycles.